The number of hydrogen-bond donors (Lipinski definition) is 2. The molecule has 0 saturated heterocycles. The Labute approximate surface area is 171 Å². The molecule has 0 aliphatic rings. The number of hydrogen-bond acceptors (Lipinski definition) is 3. The lowest BCUT2D eigenvalue weighted by Crippen LogP contribution is -2.38. The molecule has 1 aromatic carbocycles. The van der Waals surface area contributed by atoms with Gasteiger partial charge >= 0.3 is 0 Å². The Morgan fingerprint density at radius 2 is 2.04 bits per heavy atom. The lowest BCUT2D eigenvalue weighted by molar-refractivity contribution is 0.376. The number of nitrogens with one attached hydrogen (secondary N) is 2. The largest absolute Gasteiger partial charge is 0.359 e. The van der Waals surface area contributed by atoms with Crippen molar-refractivity contribution in [2.45, 2.75) is 46.2 Å². The first-order chi connectivity index (χ1) is 11.5. The van der Waals surface area contributed by atoms with Crippen LogP contribution in [0, 0.1) is 0 Å². The molecule has 2 N–H and O–H groups in total. The maximum atomic E-state index is 6.06. The normalized spacial score (nSPS) is 12.6. The monoisotopic (exact) mass is 476 g/mol. The first kappa shape index (κ1) is 21.8. The van der Waals surface area contributed by atoms with Gasteiger partial charge in [0.25, 0.3) is 0 Å². The molecular formula is C18H26ClIN4O. The SMILES string of the molecule is CCNC(=NCc1cc(C(C)C)no1)NC(C)c1cccc(Cl)c1.I. The zero-order chi connectivity index (χ0) is 17.5. The van der Waals surface area contributed by atoms with Crippen LogP contribution in [0.2, 0.25) is 5.02 Å². The molecule has 0 radical (unpaired) electrons. The second kappa shape index (κ2) is 10.7. The molecule has 0 amide bonds. The molecule has 1 unspecified atom stereocenters. The Morgan fingerprint density at radius 1 is 1.28 bits per heavy atom. The number of benzene rings is 1. The molecule has 0 spiro atoms. The van der Waals surface area contributed by atoms with Crippen LogP contribution in [0.3, 0.4) is 0 Å². The molecule has 2 aromatic rings. The van der Waals surface area contributed by atoms with E-state index in [0.717, 1.165) is 34.5 Å². The Bertz CT molecular complexity index is 687. The number of aliphatic imine (C=N–C) groups is 1. The Morgan fingerprint density at radius 3 is 2.64 bits per heavy atom. The van der Waals surface area contributed by atoms with Gasteiger partial charge in [-0.15, -0.1) is 24.0 Å². The van der Waals surface area contributed by atoms with Gasteiger partial charge in [0.2, 0.25) is 0 Å². The van der Waals surface area contributed by atoms with Crippen molar-refractivity contribution in [1.29, 1.82) is 0 Å². The van der Waals surface area contributed by atoms with Crippen molar-refractivity contribution in [3.63, 3.8) is 0 Å². The van der Waals surface area contributed by atoms with Crippen molar-refractivity contribution in [1.82, 2.24) is 15.8 Å². The Hall–Kier alpha value is -1.28. The topological polar surface area (TPSA) is 62.5 Å². The Kier molecular flexibility index (Phi) is 9.27. The smallest absolute Gasteiger partial charge is 0.192 e. The molecule has 0 fully saturated rings. The maximum Gasteiger partial charge on any atom is 0.192 e. The van der Waals surface area contributed by atoms with Crippen LogP contribution < -0.4 is 10.6 Å². The van der Waals surface area contributed by atoms with E-state index in [-0.39, 0.29) is 30.0 Å². The molecule has 1 heterocycles. The van der Waals surface area contributed by atoms with E-state index >= 15 is 0 Å². The summed E-state index contributed by atoms with van der Waals surface area (Å²) in [6.07, 6.45) is 0. The standard InChI is InChI=1S/C18H25ClN4O.HI/c1-5-20-18(21-11-16-10-17(12(2)3)23-24-16)22-13(4)14-7-6-8-15(19)9-14;/h6-10,12-13H,5,11H2,1-4H3,(H2,20,21,22);1H. The van der Waals surface area contributed by atoms with Gasteiger partial charge in [0, 0.05) is 17.6 Å². The summed E-state index contributed by atoms with van der Waals surface area (Å²) >= 11 is 6.06. The lowest BCUT2D eigenvalue weighted by Gasteiger charge is -2.18. The number of nitrogens with zero attached hydrogens (tertiary/aromatic N) is 2. The van der Waals surface area contributed by atoms with Crippen molar-refractivity contribution >= 4 is 41.5 Å². The van der Waals surface area contributed by atoms with Crippen LogP contribution in [0.4, 0.5) is 0 Å². The van der Waals surface area contributed by atoms with Crippen LogP contribution >= 0.6 is 35.6 Å². The number of rotatable bonds is 6. The highest BCUT2D eigenvalue weighted by atomic mass is 127. The van der Waals surface area contributed by atoms with E-state index in [1.165, 1.54) is 0 Å². The van der Waals surface area contributed by atoms with Gasteiger partial charge in [0.1, 0.15) is 6.54 Å². The van der Waals surface area contributed by atoms with Gasteiger partial charge in [-0.1, -0.05) is 42.7 Å². The average molecular weight is 477 g/mol. The summed E-state index contributed by atoms with van der Waals surface area (Å²) in [6.45, 7) is 9.50. The van der Waals surface area contributed by atoms with Crippen LogP contribution in [0.1, 0.15) is 56.7 Å². The first-order valence-electron chi connectivity index (χ1n) is 8.25. The van der Waals surface area contributed by atoms with Crippen LogP contribution in [0.15, 0.2) is 39.8 Å². The van der Waals surface area contributed by atoms with Crippen molar-refractivity contribution in [2.24, 2.45) is 4.99 Å². The van der Waals surface area contributed by atoms with Crippen LogP contribution in [0.25, 0.3) is 0 Å². The highest BCUT2D eigenvalue weighted by Crippen LogP contribution is 2.17. The summed E-state index contributed by atoms with van der Waals surface area (Å²) in [6, 6.07) is 9.85. The maximum absolute atomic E-state index is 6.06. The van der Waals surface area contributed by atoms with Gasteiger partial charge in [-0.2, -0.15) is 0 Å². The molecule has 2 rings (SSSR count). The zero-order valence-corrected chi connectivity index (χ0v) is 18.1. The van der Waals surface area contributed by atoms with E-state index in [1.807, 2.05) is 37.3 Å². The molecular weight excluding hydrogens is 451 g/mol. The van der Waals surface area contributed by atoms with Gasteiger partial charge in [-0.3, -0.25) is 0 Å². The summed E-state index contributed by atoms with van der Waals surface area (Å²) in [5, 5.41) is 11.4. The molecule has 138 valence electrons. The van der Waals surface area contributed by atoms with Gasteiger partial charge in [-0.25, -0.2) is 4.99 Å². The van der Waals surface area contributed by atoms with Gasteiger partial charge in [0.05, 0.1) is 11.7 Å². The highest BCUT2D eigenvalue weighted by molar-refractivity contribution is 14.0. The van der Waals surface area contributed by atoms with Crippen molar-refractivity contribution in [3.8, 4) is 0 Å². The third kappa shape index (κ3) is 6.86. The predicted molar refractivity (Wildman–Crippen MR) is 114 cm³/mol. The predicted octanol–water partition coefficient (Wildman–Crippen LogP) is 4.89. The van der Waals surface area contributed by atoms with Gasteiger partial charge in [0.15, 0.2) is 11.7 Å². The Balaban J connectivity index is 0.00000312. The zero-order valence-electron chi connectivity index (χ0n) is 15.0. The molecule has 0 aliphatic heterocycles. The molecule has 1 aromatic heterocycles. The number of guanidine groups is 1. The summed E-state index contributed by atoms with van der Waals surface area (Å²) in [5.41, 5.74) is 2.06. The van der Waals surface area contributed by atoms with E-state index in [9.17, 15) is 0 Å². The third-order valence-electron chi connectivity index (χ3n) is 3.61. The number of halogens is 2. The molecule has 0 aliphatic carbocycles. The molecule has 25 heavy (non-hydrogen) atoms. The van der Waals surface area contributed by atoms with E-state index in [2.05, 4.69) is 41.6 Å². The molecule has 1 atom stereocenters. The second-order valence-electron chi connectivity index (χ2n) is 5.99. The molecule has 0 bridgehead atoms. The average Bonchev–Trinajstić information content (AvgIpc) is 3.02. The highest BCUT2D eigenvalue weighted by Gasteiger charge is 2.10. The minimum atomic E-state index is 0. The quantitative estimate of drug-likeness (QED) is 0.354. The van der Waals surface area contributed by atoms with Crippen LogP contribution in [0.5, 0.6) is 0 Å². The van der Waals surface area contributed by atoms with Gasteiger partial charge < -0.3 is 15.2 Å². The summed E-state index contributed by atoms with van der Waals surface area (Å²) in [5.74, 6) is 1.83. The van der Waals surface area contributed by atoms with E-state index in [4.69, 9.17) is 16.1 Å². The van der Waals surface area contributed by atoms with Crippen molar-refractivity contribution in [2.75, 3.05) is 6.54 Å². The van der Waals surface area contributed by atoms with Crippen molar-refractivity contribution < 1.29 is 4.52 Å². The van der Waals surface area contributed by atoms with Gasteiger partial charge in [-0.05, 0) is 37.5 Å². The lowest BCUT2D eigenvalue weighted by atomic mass is 10.1. The van der Waals surface area contributed by atoms with E-state index < -0.39 is 0 Å². The molecule has 7 heteroatoms. The summed E-state index contributed by atoms with van der Waals surface area (Å²) in [4.78, 5) is 4.57. The first-order valence-corrected chi connectivity index (χ1v) is 8.63. The fourth-order valence-corrected chi connectivity index (χ4v) is 2.42. The second-order valence-corrected chi connectivity index (χ2v) is 6.43. The number of aromatic nitrogens is 1. The minimum Gasteiger partial charge on any atom is -0.359 e. The van der Waals surface area contributed by atoms with E-state index in [1.54, 1.807) is 0 Å². The minimum absolute atomic E-state index is 0. The molecule has 0 saturated carbocycles. The summed E-state index contributed by atoms with van der Waals surface area (Å²) in [7, 11) is 0. The molecule has 5 nitrogen and oxygen atoms in total. The van der Waals surface area contributed by atoms with Crippen LogP contribution in [-0.2, 0) is 6.54 Å². The van der Waals surface area contributed by atoms with E-state index in [0.29, 0.717) is 12.5 Å². The fourth-order valence-electron chi connectivity index (χ4n) is 2.22. The van der Waals surface area contributed by atoms with Crippen molar-refractivity contribution in [3.05, 3.63) is 52.4 Å². The summed E-state index contributed by atoms with van der Waals surface area (Å²) < 4.78 is 5.33. The fraction of sp³-hybridized carbons (Fsp3) is 0.444. The third-order valence-corrected chi connectivity index (χ3v) is 3.84. The van der Waals surface area contributed by atoms with Crippen LogP contribution in [-0.4, -0.2) is 17.7 Å².